The second-order valence-corrected chi connectivity index (χ2v) is 7.00. The Morgan fingerprint density at radius 3 is 2.41 bits per heavy atom. The van der Waals surface area contributed by atoms with E-state index in [2.05, 4.69) is 78.8 Å². The summed E-state index contributed by atoms with van der Waals surface area (Å²) < 4.78 is 0. The van der Waals surface area contributed by atoms with E-state index in [0.717, 1.165) is 35.9 Å². The van der Waals surface area contributed by atoms with Crippen LogP contribution in [0.3, 0.4) is 0 Å². The van der Waals surface area contributed by atoms with E-state index in [4.69, 9.17) is 4.98 Å². The molecule has 0 saturated heterocycles. The van der Waals surface area contributed by atoms with Crippen LogP contribution in [0.15, 0.2) is 54.6 Å². The molecule has 0 unspecified atom stereocenters. The largest absolute Gasteiger partial charge is 0.369 e. The molecule has 27 heavy (non-hydrogen) atoms. The van der Waals surface area contributed by atoms with Crippen molar-refractivity contribution in [3.05, 3.63) is 65.7 Å². The normalized spacial score (nSPS) is 10.9. The number of likely N-dealkylation sites (N-methyl/N-ethyl adjacent to an activating group) is 1. The Balaban J connectivity index is 1.91. The van der Waals surface area contributed by atoms with Crippen LogP contribution >= 0.6 is 0 Å². The van der Waals surface area contributed by atoms with E-state index in [1.807, 2.05) is 24.3 Å². The van der Waals surface area contributed by atoms with E-state index in [-0.39, 0.29) is 0 Å². The summed E-state index contributed by atoms with van der Waals surface area (Å²) in [6.45, 7) is 5.94. The number of hydrogen-bond donors (Lipinski definition) is 2. The third-order valence-corrected chi connectivity index (χ3v) is 4.29. The van der Waals surface area contributed by atoms with Crippen LogP contribution in [-0.4, -0.2) is 42.1 Å². The van der Waals surface area contributed by atoms with Crippen molar-refractivity contribution in [2.75, 3.05) is 37.8 Å². The van der Waals surface area contributed by atoms with Crippen molar-refractivity contribution in [3.63, 3.8) is 0 Å². The van der Waals surface area contributed by atoms with E-state index in [9.17, 15) is 0 Å². The molecule has 0 aliphatic rings. The Kier molecular flexibility index (Phi) is 6.04. The van der Waals surface area contributed by atoms with Gasteiger partial charge in [0.2, 0.25) is 5.95 Å². The second kappa shape index (κ2) is 8.64. The smallest absolute Gasteiger partial charge is 0.229 e. The maximum absolute atomic E-state index is 4.73. The minimum atomic E-state index is 0.593. The van der Waals surface area contributed by atoms with Gasteiger partial charge in [-0.3, -0.25) is 0 Å². The fraction of sp³-hybridized carbons (Fsp3) is 0.273. The Bertz CT molecular complexity index is 890. The van der Waals surface area contributed by atoms with Crippen LogP contribution in [0.25, 0.3) is 11.3 Å². The summed E-state index contributed by atoms with van der Waals surface area (Å²) in [7, 11) is 4.12. The van der Waals surface area contributed by atoms with E-state index < -0.39 is 0 Å². The first kappa shape index (κ1) is 18.9. The summed E-state index contributed by atoms with van der Waals surface area (Å²) in [5.74, 6) is 1.41. The molecule has 1 heterocycles. The number of rotatable bonds is 7. The van der Waals surface area contributed by atoms with Crippen molar-refractivity contribution in [3.8, 4) is 11.3 Å². The van der Waals surface area contributed by atoms with Gasteiger partial charge < -0.3 is 15.5 Å². The minimum absolute atomic E-state index is 0.593. The molecule has 3 rings (SSSR count). The lowest BCUT2D eigenvalue weighted by molar-refractivity contribution is 0.425. The lowest BCUT2D eigenvalue weighted by Crippen LogP contribution is -2.21. The van der Waals surface area contributed by atoms with Crippen LogP contribution in [0.1, 0.15) is 11.1 Å². The van der Waals surface area contributed by atoms with Crippen molar-refractivity contribution in [1.82, 2.24) is 14.9 Å². The second-order valence-electron chi connectivity index (χ2n) is 7.00. The van der Waals surface area contributed by atoms with Crippen molar-refractivity contribution in [1.29, 1.82) is 0 Å². The minimum Gasteiger partial charge on any atom is -0.369 e. The van der Waals surface area contributed by atoms with Crippen LogP contribution in [0.2, 0.25) is 0 Å². The quantitative estimate of drug-likeness (QED) is 0.650. The van der Waals surface area contributed by atoms with Crippen molar-refractivity contribution in [2.24, 2.45) is 0 Å². The van der Waals surface area contributed by atoms with Gasteiger partial charge in [-0.25, -0.2) is 4.98 Å². The summed E-state index contributed by atoms with van der Waals surface area (Å²) in [4.78, 5) is 11.5. The molecule has 0 aliphatic heterocycles. The predicted molar refractivity (Wildman–Crippen MR) is 114 cm³/mol. The Labute approximate surface area is 161 Å². The zero-order valence-corrected chi connectivity index (χ0v) is 16.5. The van der Waals surface area contributed by atoms with Gasteiger partial charge in [-0.05, 0) is 39.6 Å². The molecule has 0 fully saturated rings. The highest BCUT2D eigenvalue weighted by atomic mass is 15.2. The van der Waals surface area contributed by atoms with Gasteiger partial charge >= 0.3 is 0 Å². The molecule has 5 nitrogen and oxygen atoms in total. The molecule has 0 radical (unpaired) electrons. The van der Waals surface area contributed by atoms with Crippen LogP contribution in [0, 0.1) is 13.8 Å². The van der Waals surface area contributed by atoms with Crippen LogP contribution in [-0.2, 0) is 0 Å². The molecular formula is C22H27N5. The van der Waals surface area contributed by atoms with Gasteiger partial charge in [-0.1, -0.05) is 48.0 Å². The van der Waals surface area contributed by atoms with Crippen molar-refractivity contribution in [2.45, 2.75) is 13.8 Å². The van der Waals surface area contributed by atoms with Crippen molar-refractivity contribution >= 4 is 17.5 Å². The number of aryl methyl sites for hydroxylation is 2. The first-order chi connectivity index (χ1) is 13.0. The van der Waals surface area contributed by atoms with Gasteiger partial charge in [0.1, 0.15) is 5.82 Å². The number of hydrogen-bond acceptors (Lipinski definition) is 5. The van der Waals surface area contributed by atoms with Gasteiger partial charge in [0.15, 0.2) is 0 Å². The molecule has 1 aromatic heterocycles. The number of nitrogens with one attached hydrogen (secondary N) is 2. The zero-order valence-electron chi connectivity index (χ0n) is 16.5. The molecule has 140 valence electrons. The van der Waals surface area contributed by atoms with E-state index in [1.54, 1.807) is 0 Å². The molecule has 3 aromatic rings. The highest BCUT2D eigenvalue weighted by Crippen LogP contribution is 2.24. The monoisotopic (exact) mass is 361 g/mol. The Hall–Kier alpha value is -2.92. The maximum atomic E-state index is 4.73. The fourth-order valence-electron chi connectivity index (χ4n) is 2.83. The number of aromatic nitrogens is 2. The summed E-state index contributed by atoms with van der Waals surface area (Å²) in [6, 6.07) is 18.5. The van der Waals surface area contributed by atoms with Gasteiger partial charge in [0.05, 0.1) is 5.69 Å². The van der Waals surface area contributed by atoms with E-state index in [0.29, 0.717) is 5.95 Å². The molecule has 0 aliphatic carbocycles. The summed E-state index contributed by atoms with van der Waals surface area (Å²) in [5, 5.41) is 6.78. The van der Waals surface area contributed by atoms with E-state index in [1.165, 1.54) is 11.1 Å². The van der Waals surface area contributed by atoms with Crippen LogP contribution < -0.4 is 10.6 Å². The fourth-order valence-corrected chi connectivity index (χ4v) is 2.83. The third kappa shape index (κ3) is 5.28. The average Bonchev–Trinajstić information content (AvgIpc) is 2.64. The molecule has 2 aromatic carbocycles. The molecule has 5 heteroatoms. The molecule has 0 spiro atoms. The topological polar surface area (TPSA) is 53.1 Å². The first-order valence-corrected chi connectivity index (χ1v) is 9.18. The van der Waals surface area contributed by atoms with Gasteiger partial charge in [0, 0.05) is 30.4 Å². The molecule has 2 N–H and O–H groups in total. The summed E-state index contributed by atoms with van der Waals surface area (Å²) in [5.41, 5.74) is 5.39. The molecular weight excluding hydrogens is 334 g/mol. The molecule has 0 bridgehead atoms. The predicted octanol–water partition coefficient (Wildman–Crippen LogP) is 4.48. The molecule has 0 amide bonds. The zero-order chi connectivity index (χ0) is 19.2. The van der Waals surface area contributed by atoms with Gasteiger partial charge in [-0.2, -0.15) is 4.98 Å². The first-order valence-electron chi connectivity index (χ1n) is 9.18. The lowest BCUT2D eigenvalue weighted by atomic mass is 10.1. The highest BCUT2D eigenvalue weighted by molar-refractivity contribution is 5.67. The van der Waals surface area contributed by atoms with Crippen molar-refractivity contribution < 1.29 is 0 Å². The summed E-state index contributed by atoms with van der Waals surface area (Å²) in [6.07, 6.45) is 0. The van der Waals surface area contributed by atoms with Crippen LogP contribution in [0.5, 0.6) is 0 Å². The van der Waals surface area contributed by atoms with Crippen LogP contribution in [0.4, 0.5) is 17.5 Å². The van der Waals surface area contributed by atoms with Gasteiger partial charge in [-0.15, -0.1) is 0 Å². The molecule has 0 saturated carbocycles. The maximum Gasteiger partial charge on any atom is 0.229 e. The number of anilines is 3. The summed E-state index contributed by atoms with van der Waals surface area (Å²) >= 11 is 0. The lowest BCUT2D eigenvalue weighted by Gasteiger charge is -2.14. The Morgan fingerprint density at radius 2 is 1.70 bits per heavy atom. The standard InChI is InChI=1S/C22H27N5/c1-16-10-11-19(17(2)14-16)24-22-25-20(18-8-6-5-7-9-18)15-21(26-22)23-12-13-27(3)4/h5-11,14-15H,12-13H2,1-4H3,(H2,23,24,25,26). The Morgan fingerprint density at radius 1 is 0.926 bits per heavy atom. The highest BCUT2D eigenvalue weighted by Gasteiger charge is 2.08. The SMILES string of the molecule is Cc1ccc(Nc2nc(NCCN(C)C)cc(-c3ccccc3)n2)c(C)c1. The van der Waals surface area contributed by atoms with Gasteiger partial charge in [0.25, 0.3) is 0 Å². The average molecular weight is 361 g/mol. The third-order valence-electron chi connectivity index (χ3n) is 4.29. The number of benzene rings is 2. The number of nitrogens with zero attached hydrogens (tertiary/aromatic N) is 3. The van der Waals surface area contributed by atoms with E-state index >= 15 is 0 Å². The molecule has 0 atom stereocenters.